The highest BCUT2D eigenvalue weighted by Gasteiger charge is 2.05. The van der Waals surface area contributed by atoms with Crippen molar-refractivity contribution in [3.63, 3.8) is 0 Å². The maximum atomic E-state index is 5.70. The Morgan fingerprint density at radius 1 is 1.22 bits per heavy atom. The molecule has 0 unspecified atom stereocenters. The quantitative estimate of drug-likeness (QED) is 0.191. The standard InChI is InChI=1S/C19H35N5O2.HI/c1-5-14-26-18-17(9-7-10-21-18)16-23-19(20-6-2)22-11-13-24(3)12-8-15-25-4;/h7,9-10H,5-6,8,11-16H2,1-4H3,(H2,20,22,23);1H. The van der Waals surface area contributed by atoms with Gasteiger partial charge in [-0.1, -0.05) is 13.0 Å². The third kappa shape index (κ3) is 12.0. The zero-order valence-corrected chi connectivity index (χ0v) is 19.5. The smallest absolute Gasteiger partial charge is 0.218 e. The molecule has 0 atom stereocenters. The zero-order chi connectivity index (χ0) is 19.0. The summed E-state index contributed by atoms with van der Waals surface area (Å²) in [6, 6.07) is 3.92. The molecule has 0 aromatic carbocycles. The van der Waals surface area contributed by atoms with Crippen LogP contribution < -0.4 is 15.4 Å². The van der Waals surface area contributed by atoms with Crippen molar-refractivity contribution < 1.29 is 9.47 Å². The monoisotopic (exact) mass is 493 g/mol. The first-order chi connectivity index (χ1) is 12.7. The van der Waals surface area contributed by atoms with Crippen LogP contribution >= 0.6 is 24.0 Å². The molecule has 1 aromatic rings. The first-order valence-electron chi connectivity index (χ1n) is 9.47. The Hall–Kier alpha value is -1.13. The second kappa shape index (κ2) is 17.0. The molecule has 0 bridgehead atoms. The van der Waals surface area contributed by atoms with E-state index in [2.05, 4.69) is 46.4 Å². The average molecular weight is 493 g/mol. The highest BCUT2D eigenvalue weighted by atomic mass is 127. The normalized spacial score (nSPS) is 11.2. The van der Waals surface area contributed by atoms with E-state index in [4.69, 9.17) is 9.47 Å². The van der Waals surface area contributed by atoms with E-state index in [-0.39, 0.29) is 24.0 Å². The number of aliphatic imine (C=N–C) groups is 1. The number of pyridine rings is 1. The lowest BCUT2D eigenvalue weighted by atomic mass is 10.3. The van der Waals surface area contributed by atoms with E-state index in [0.29, 0.717) is 19.0 Å². The molecule has 8 heteroatoms. The molecular formula is C19H36IN5O2. The number of methoxy groups -OCH3 is 1. The molecule has 156 valence electrons. The summed E-state index contributed by atoms with van der Waals surface area (Å²) in [4.78, 5) is 11.3. The number of likely N-dealkylation sites (N-methyl/N-ethyl adjacent to an activating group) is 1. The summed E-state index contributed by atoms with van der Waals surface area (Å²) in [5, 5.41) is 6.66. The largest absolute Gasteiger partial charge is 0.477 e. The molecule has 0 aliphatic heterocycles. The molecule has 1 aromatic heterocycles. The number of hydrogen-bond acceptors (Lipinski definition) is 5. The van der Waals surface area contributed by atoms with Gasteiger partial charge < -0.3 is 25.0 Å². The van der Waals surface area contributed by atoms with Gasteiger partial charge in [-0.2, -0.15) is 0 Å². The molecule has 1 heterocycles. The van der Waals surface area contributed by atoms with Crippen LogP contribution in [-0.4, -0.2) is 69.4 Å². The third-order valence-electron chi connectivity index (χ3n) is 3.72. The van der Waals surface area contributed by atoms with E-state index < -0.39 is 0 Å². The van der Waals surface area contributed by atoms with Crippen LogP contribution in [0.2, 0.25) is 0 Å². The van der Waals surface area contributed by atoms with Gasteiger partial charge in [0.2, 0.25) is 5.88 Å². The fourth-order valence-corrected chi connectivity index (χ4v) is 2.33. The van der Waals surface area contributed by atoms with Gasteiger partial charge in [-0.25, -0.2) is 9.98 Å². The van der Waals surface area contributed by atoms with Gasteiger partial charge in [0.1, 0.15) is 0 Å². The summed E-state index contributed by atoms with van der Waals surface area (Å²) >= 11 is 0. The molecule has 2 N–H and O–H groups in total. The van der Waals surface area contributed by atoms with Crippen LogP contribution in [0.15, 0.2) is 23.3 Å². The lowest BCUT2D eigenvalue weighted by Gasteiger charge is -2.18. The lowest BCUT2D eigenvalue weighted by molar-refractivity contribution is 0.180. The number of nitrogens with zero attached hydrogens (tertiary/aromatic N) is 3. The lowest BCUT2D eigenvalue weighted by Crippen LogP contribution is -2.41. The summed E-state index contributed by atoms with van der Waals surface area (Å²) in [7, 11) is 3.86. The molecule has 0 amide bonds. The number of ether oxygens (including phenoxy) is 2. The van der Waals surface area contributed by atoms with Crippen molar-refractivity contribution in [3.8, 4) is 5.88 Å². The van der Waals surface area contributed by atoms with E-state index in [1.54, 1.807) is 13.3 Å². The topological polar surface area (TPSA) is 71.0 Å². The summed E-state index contributed by atoms with van der Waals surface area (Å²) in [6.07, 6.45) is 3.76. The Balaban J connectivity index is 0.00000676. The number of hydrogen-bond donors (Lipinski definition) is 2. The highest BCUT2D eigenvalue weighted by Crippen LogP contribution is 2.15. The maximum absolute atomic E-state index is 5.70. The van der Waals surface area contributed by atoms with Gasteiger partial charge >= 0.3 is 0 Å². The fourth-order valence-electron chi connectivity index (χ4n) is 2.33. The number of halogens is 1. The number of nitrogens with one attached hydrogen (secondary N) is 2. The van der Waals surface area contributed by atoms with Crippen molar-refractivity contribution in [2.75, 3.05) is 53.6 Å². The molecule has 0 fully saturated rings. The van der Waals surface area contributed by atoms with Gasteiger partial charge in [-0.05, 0) is 32.9 Å². The van der Waals surface area contributed by atoms with Crippen molar-refractivity contribution in [2.24, 2.45) is 4.99 Å². The van der Waals surface area contributed by atoms with Crippen molar-refractivity contribution in [1.29, 1.82) is 0 Å². The predicted molar refractivity (Wildman–Crippen MR) is 122 cm³/mol. The van der Waals surface area contributed by atoms with Crippen molar-refractivity contribution >= 4 is 29.9 Å². The van der Waals surface area contributed by atoms with Gasteiger partial charge in [0.05, 0.1) is 13.2 Å². The number of aromatic nitrogens is 1. The van der Waals surface area contributed by atoms with Crippen LogP contribution in [-0.2, 0) is 11.3 Å². The van der Waals surface area contributed by atoms with E-state index >= 15 is 0 Å². The van der Waals surface area contributed by atoms with Gasteiger partial charge in [-0.15, -0.1) is 24.0 Å². The van der Waals surface area contributed by atoms with Crippen molar-refractivity contribution in [1.82, 2.24) is 20.5 Å². The zero-order valence-electron chi connectivity index (χ0n) is 17.2. The predicted octanol–water partition coefficient (Wildman–Crippen LogP) is 2.51. The van der Waals surface area contributed by atoms with Crippen LogP contribution in [0.3, 0.4) is 0 Å². The Kier molecular flexibility index (Phi) is 16.3. The number of rotatable bonds is 13. The first-order valence-corrected chi connectivity index (χ1v) is 9.47. The SMILES string of the molecule is CCCOc1ncccc1CN=C(NCC)NCCN(C)CCCOC.I. The Bertz CT molecular complexity index is 517. The van der Waals surface area contributed by atoms with E-state index in [1.165, 1.54) is 0 Å². The third-order valence-corrected chi connectivity index (χ3v) is 3.72. The highest BCUT2D eigenvalue weighted by molar-refractivity contribution is 14.0. The Labute approximate surface area is 181 Å². The molecule has 0 saturated carbocycles. The molecule has 7 nitrogen and oxygen atoms in total. The Morgan fingerprint density at radius 2 is 2.04 bits per heavy atom. The van der Waals surface area contributed by atoms with E-state index in [0.717, 1.165) is 57.2 Å². The minimum absolute atomic E-state index is 0. The number of guanidine groups is 1. The van der Waals surface area contributed by atoms with Crippen LogP contribution in [0.5, 0.6) is 5.88 Å². The van der Waals surface area contributed by atoms with Crippen molar-refractivity contribution in [3.05, 3.63) is 23.9 Å². The summed E-state index contributed by atoms with van der Waals surface area (Å²) in [5.74, 6) is 1.48. The van der Waals surface area contributed by atoms with Gasteiger partial charge in [0.15, 0.2) is 5.96 Å². The second-order valence-electron chi connectivity index (χ2n) is 6.09. The summed E-state index contributed by atoms with van der Waals surface area (Å²) in [6.45, 7) is 9.78. The summed E-state index contributed by atoms with van der Waals surface area (Å²) in [5.41, 5.74) is 0.995. The van der Waals surface area contributed by atoms with Gasteiger partial charge in [0.25, 0.3) is 0 Å². The minimum Gasteiger partial charge on any atom is -0.477 e. The first kappa shape index (κ1) is 25.9. The summed E-state index contributed by atoms with van der Waals surface area (Å²) < 4.78 is 10.8. The average Bonchev–Trinajstić information content (AvgIpc) is 2.65. The van der Waals surface area contributed by atoms with Gasteiger partial charge in [-0.3, -0.25) is 0 Å². The second-order valence-corrected chi connectivity index (χ2v) is 6.09. The minimum atomic E-state index is 0. The molecular weight excluding hydrogens is 457 g/mol. The van der Waals surface area contributed by atoms with Crippen molar-refractivity contribution in [2.45, 2.75) is 33.2 Å². The maximum Gasteiger partial charge on any atom is 0.218 e. The molecule has 0 radical (unpaired) electrons. The molecule has 0 aliphatic rings. The molecule has 0 aliphatic carbocycles. The molecule has 0 spiro atoms. The van der Waals surface area contributed by atoms with Crippen LogP contribution in [0.25, 0.3) is 0 Å². The van der Waals surface area contributed by atoms with Crippen LogP contribution in [0.1, 0.15) is 32.3 Å². The Morgan fingerprint density at radius 3 is 2.74 bits per heavy atom. The van der Waals surface area contributed by atoms with E-state index in [9.17, 15) is 0 Å². The van der Waals surface area contributed by atoms with Gasteiger partial charge in [0, 0.05) is 51.7 Å². The molecule has 1 rings (SSSR count). The fraction of sp³-hybridized carbons (Fsp3) is 0.684. The van der Waals surface area contributed by atoms with Crippen LogP contribution in [0, 0.1) is 0 Å². The van der Waals surface area contributed by atoms with E-state index in [1.807, 2.05) is 12.1 Å². The van der Waals surface area contributed by atoms with Crippen LogP contribution in [0.4, 0.5) is 0 Å². The molecule has 0 saturated heterocycles. The molecule has 27 heavy (non-hydrogen) atoms.